The van der Waals surface area contributed by atoms with Gasteiger partial charge in [0.1, 0.15) is 0 Å². The third-order valence-electron chi connectivity index (χ3n) is 3.92. The van der Waals surface area contributed by atoms with E-state index in [2.05, 4.69) is 0 Å². The average molecular weight is 362 g/mol. The van der Waals surface area contributed by atoms with Crippen LogP contribution in [0.15, 0.2) is 91.0 Å². The fourth-order valence-electron chi connectivity index (χ4n) is 2.56. The average Bonchev–Trinajstić information content (AvgIpc) is 2.73. The first-order chi connectivity index (χ1) is 12.5. The largest absolute Gasteiger partial charge is 0.298 e. The van der Waals surface area contributed by atoms with Gasteiger partial charge in [-0.2, -0.15) is 0 Å². The molecule has 3 aromatic carbocycles. The van der Waals surface area contributed by atoms with Crippen LogP contribution in [0, 0.1) is 0 Å². The monoisotopic (exact) mass is 362 g/mol. The summed E-state index contributed by atoms with van der Waals surface area (Å²) in [5.74, 6) is 0. The summed E-state index contributed by atoms with van der Waals surface area (Å²) in [5, 5.41) is 0. The molecule has 26 heavy (non-hydrogen) atoms. The highest BCUT2D eigenvalue weighted by Gasteiger charge is 2.47. The van der Waals surface area contributed by atoms with Crippen molar-refractivity contribution in [1.82, 2.24) is 0 Å². The first kappa shape index (κ1) is 17.7. The number of hydrogen-bond donors (Lipinski definition) is 0. The van der Waals surface area contributed by atoms with Crippen LogP contribution < -0.4 is 0 Å². The summed E-state index contributed by atoms with van der Waals surface area (Å²) >= 11 is 0. The van der Waals surface area contributed by atoms with Gasteiger partial charge in [0, 0.05) is 16.7 Å². The molecule has 0 amide bonds. The molecule has 0 saturated carbocycles. The Hall–Kier alpha value is -3.10. The summed E-state index contributed by atoms with van der Waals surface area (Å²) in [6.07, 6.45) is 0. The molecule has 4 nitrogen and oxygen atoms in total. The predicted octanol–water partition coefficient (Wildman–Crippen LogP) is 4.87. The van der Waals surface area contributed by atoms with E-state index in [1.165, 1.54) is 36.4 Å². The lowest BCUT2D eigenvalue weighted by molar-refractivity contribution is 0.100. The number of benzene rings is 3. The second-order valence-electron chi connectivity index (χ2n) is 5.62. The number of rotatable bonds is 6. The number of hydrogen-bond acceptors (Lipinski definition) is 4. The Kier molecular flexibility index (Phi) is 5.06. The van der Waals surface area contributed by atoms with Gasteiger partial charge in [-0.25, -0.2) is 0 Å². The molecule has 5 heteroatoms. The van der Waals surface area contributed by atoms with E-state index in [9.17, 15) is 18.9 Å². The van der Waals surface area contributed by atoms with Gasteiger partial charge in [0.25, 0.3) is 7.14 Å². The zero-order valence-corrected chi connectivity index (χ0v) is 14.6. The van der Waals surface area contributed by atoms with Crippen molar-refractivity contribution in [3.8, 4) is 0 Å². The highest BCUT2D eigenvalue weighted by atomic mass is 31.2. The maximum atomic E-state index is 13.7. The van der Waals surface area contributed by atoms with Crippen LogP contribution in [-0.2, 0) is 4.57 Å². The van der Waals surface area contributed by atoms with Gasteiger partial charge in [0.15, 0.2) is 0 Å². The zero-order chi connectivity index (χ0) is 18.6. The number of carbonyl (C=O) groups is 3. The SMILES string of the molecule is O=C(c1ccccc1)P(=O)(C(=O)c1ccccc1)C(=O)c1ccccc1. The Morgan fingerprint density at radius 2 is 0.692 bits per heavy atom. The van der Waals surface area contributed by atoms with Crippen LogP contribution in [0.1, 0.15) is 31.1 Å². The van der Waals surface area contributed by atoms with Gasteiger partial charge in [-0.3, -0.25) is 18.9 Å². The molecule has 128 valence electrons. The molecule has 0 aliphatic carbocycles. The van der Waals surface area contributed by atoms with Crippen LogP contribution in [0.25, 0.3) is 0 Å². The summed E-state index contributed by atoms with van der Waals surface area (Å²) in [5.41, 5.74) is -2.61. The maximum Gasteiger partial charge on any atom is 0.287 e. The Balaban J connectivity index is 2.16. The van der Waals surface area contributed by atoms with Crippen molar-refractivity contribution < 1.29 is 18.9 Å². The molecule has 0 aromatic heterocycles. The Morgan fingerprint density at radius 1 is 0.462 bits per heavy atom. The second kappa shape index (κ2) is 7.42. The summed E-state index contributed by atoms with van der Waals surface area (Å²) in [6, 6.07) is 23.4. The molecule has 0 radical (unpaired) electrons. The molecular formula is C21H15O4P. The van der Waals surface area contributed by atoms with Crippen molar-refractivity contribution in [3.05, 3.63) is 108 Å². The third kappa shape index (κ3) is 3.19. The quantitative estimate of drug-likeness (QED) is 0.587. The van der Waals surface area contributed by atoms with Crippen LogP contribution in [0.5, 0.6) is 0 Å². The van der Waals surface area contributed by atoms with E-state index in [0.29, 0.717) is 0 Å². The molecule has 0 aliphatic rings. The van der Waals surface area contributed by atoms with E-state index in [1.54, 1.807) is 54.6 Å². The lowest BCUT2D eigenvalue weighted by Crippen LogP contribution is -2.18. The van der Waals surface area contributed by atoms with Crippen LogP contribution in [0.3, 0.4) is 0 Å². The van der Waals surface area contributed by atoms with Gasteiger partial charge in [-0.05, 0) is 0 Å². The van der Waals surface area contributed by atoms with E-state index >= 15 is 0 Å². The molecular weight excluding hydrogens is 347 g/mol. The molecule has 0 spiro atoms. The van der Waals surface area contributed by atoms with Gasteiger partial charge >= 0.3 is 0 Å². The van der Waals surface area contributed by atoms with Gasteiger partial charge in [0.05, 0.1) is 0 Å². The first-order valence-corrected chi connectivity index (χ1v) is 9.65. The molecule has 0 fully saturated rings. The van der Waals surface area contributed by atoms with E-state index in [4.69, 9.17) is 0 Å². The molecule has 0 unspecified atom stereocenters. The summed E-state index contributed by atoms with van der Waals surface area (Å²) in [7, 11) is -4.57. The van der Waals surface area contributed by atoms with Gasteiger partial charge in [0.2, 0.25) is 16.6 Å². The van der Waals surface area contributed by atoms with Crippen molar-refractivity contribution in [2.75, 3.05) is 0 Å². The smallest absolute Gasteiger partial charge is 0.287 e. The Labute approximate surface area is 150 Å². The molecule has 0 atom stereocenters. The lowest BCUT2D eigenvalue weighted by Gasteiger charge is -2.15. The van der Waals surface area contributed by atoms with E-state index in [1.807, 2.05) is 0 Å². The van der Waals surface area contributed by atoms with Crippen molar-refractivity contribution >= 4 is 23.7 Å². The normalized spacial score (nSPS) is 10.9. The molecule has 0 saturated heterocycles. The van der Waals surface area contributed by atoms with E-state index < -0.39 is 23.7 Å². The summed E-state index contributed by atoms with van der Waals surface area (Å²) < 4.78 is 13.7. The van der Waals surface area contributed by atoms with E-state index in [0.717, 1.165) is 0 Å². The molecule has 3 rings (SSSR count). The zero-order valence-electron chi connectivity index (χ0n) is 13.7. The van der Waals surface area contributed by atoms with Gasteiger partial charge in [-0.15, -0.1) is 0 Å². The minimum absolute atomic E-state index is 0.0735. The number of carbonyl (C=O) groups excluding carboxylic acids is 3. The summed E-state index contributed by atoms with van der Waals surface area (Å²) in [6.45, 7) is 0. The van der Waals surface area contributed by atoms with Crippen LogP contribution in [-0.4, -0.2) is 16.6 Å². The van der Waals surface area contributed by atoms with Gasteiger partial charge in [-0.1, -0.05) is 91.0 Å². The predicted molar refractivity (Wildman–Crippen MR) is 99.9 cm³/mol. The van der Waals surface area contributed by atoms with Crippen molar-refractivity contribution in [2.45, 2.75) is 0 Å². The van der Waals surface area contributed by atoms with Crippen LogP contribution in [0.2, 0.25) is 0 Å². The minimum atomic E-state index is -4.57. The fourth-order valence-corrected chi connectivity index (χ4v) is 4.66. The van der Waals surface area contributed by atoms with Crippen molar-refractivity contribution in [1.29, 1.82) is 0 Å². The van der Waals surface area contributed by atoms with Crippen molar-refractivity contribution in [3.63, 3.8) is 0 Å². The van der Waals surface area contributed by atoms with E-state index in [-0.39, 0.29) is 16.7 Å². The topological polar surface area (TPSA) is 68.3 Å². The fraction of sp³-hybridized carbons (Fsp3) is 0. The van der Waals surface area contributed by atoms with Crippen molar-refractivity contribution in [2.24, 2.45) is 0 Å². The highest BCUT2D eigenvalue weighted by Crippen LogP contribution is 2.54. The van der Waals surface area contributed by atoms with Gasteiger partial charge < -0.3 is 0 Å². The molecule has 0 heterocycles. The Morgan fingerprint density at radius 3 is 0.923 bits per heavy atom. The maximum absolute atomic E-state index is 13.7. The minimum Gasteiger partial charge on any atom is -0.298 e. The third-order valence-corrected chi connectivity index (χ3v) is 6.41. The standard InChI is InChI=1S/C21H15O4P/c22-19(16-10-4-1-5-11-16)26(25,20(23)17-12-6-2-7-13-17)21(24)18-14-8-3-9-15-18/h1-15H. The lowest BCUT2D eigenvalue weighted by atomic mass is 10.2. The second-order valence-corrected chi connectivity index (χ2v) is 8.06. The van der Waals surface area contributed by atoms with Crippen LogP contribution >= 0.6 is 7.14 Å². The van der Waals surface area contributed by atoms with Crippen LogP contribution in [0.4, 0.5) is 0 Å². The molecule has 0 bridgehead atoms. The molecule has 0 aliphatic heterocycles. The molecule has 3 aromatic rings. The summed E-state index contributed by atoms with van der Waals surface area (Å²) in [4.78, 5) is 39.0. The Bertz CT molecular complexity index is 864. The first-order valence-electron chi connectivity index (χ1n) is 7.95. The molecule has 0 N–H and O–H groups in total. The highest BCUT2D eigenvalue weighted by molar-refractivity contribution is 8.07.